The maximum Gasteiger partial charge on any atom is 0.138 e. The van der Waals surface area contributed by atoms with Crippen LogP contribution < -0.4 is 5.43 Å². The summed E-state index contributed by atoms with van der Waals surface area (Å²) in [5.74, 6) is -0.298. The maximum atomic E-state index is 13.2. The van der Waals surface area contributed by atoms with E-state index in [4.69, 9.17) is 0 Å². The van der Waals surface area contributed by atoms with E-state index in [0.717, 1.165) is 5.69 Å². The Morgan fingerprint density at radius 1 is 1.12 bits per heavy atom. The molecule has 1 N–H and O–H groups in total. The average Bonchev–Trinajstić information content (AvgIpc) is 2.35. The van der Waals surface area contributed by atoms with Crippen molar-refractivity contribution in [2.24, 2.45) is 5.10 Å². The van der Waals surface area contributed by atoms with Crippen molar-refractivity contribution in [3.63, 3.8) is 0 Å². The van der Waals surface area contributed by atoms with Crippen molar-refractivity contribution < 1.29 is 4.39 Å². The third-order valence-electron chi connectivity index (χ3n) is 2.12. The lowest BCUT2D eigenvalue weighted by Gasteiger charge is -1.99. The number of nitrogens with zero attached hydrogens (tertiary/aromatic N) is 1. The van der Waals surface area contributed by atoms with Crippen molar-refractivity contribution in [1.29, 1.82) is 0 Å². The fraction of sp³-hybridized carbons (Fsp3) is 0. The van der Waals surface area contributed by atoms with Crippen molar-refractivity contribution in [2.75, 3.05) is 5.43 Å². The van der Waals surface area contributed by atoms with Crippen LogP contribution in [0.1, 0.15) is 5.56 Å². The molecule has 0 unspecified atom stereocenters. The van der Waals surface area contributed by atoms with Gasteiger partial charge in [0.15, 0.2) is 0 Å². The molecule has 0 heterocycles. The predicted molar refractivity (Wildman–Crippen MR) is 71.8 cm³/mol. The van der Waals surface area contributed by atoms with Crippen molar-refractivity contribution in [2.45, 2.75) is 0 Å². The second-order valence-corrected chi connectivity index (χ2v) is 4.26. The van der Waals surface area contributed by atoms with Gasteiger partial charge in [0.25, 0.3) is 0 Å². The zero-order chi connectivity index (χ0) is 12.1. The van der Waals surface area contributed by atoms with Gasteiger partial charge < -0.3 is 0 Å². The lowest BCUT2D eigenvalue weighted by atomic mass is 10.2. The summed E-state index contributed by atoms with van der Waals surface area (Å²) in [6.07, 6.45) is 1.57. The van der Waals surface area contributed by atoms with Crippen LogP contribution in [-0.4, -0.2) is 6.21 Å². The highest BCUT2D eigenvalue weighted by atomic mass is 79.9. The van der Waals surface area contributed by atoms with Crippen LogP contribution in [0.15, 0.2) is 58.1 Å². The van der Waals surface area contributed by atoms with Gasteiger partial charge in [-0.15, -0.1) is 0 Å². The zero-order valence-corrected chi connectivity index (χ0v) is 10.5. The van der Waals surface area contributed by atoms with Crippen LogP contribution in [-0.2, 0) is 0 Å². The van der Waals surface area contributed by atoms with E-state index in [9.17, 15) is 4.39 Å². The highest BCUT2D eigenvalue weighted by Gasteiger charge is 1.98. The Balaban J connectivity index is 2.03. The fourth-order valence-electron chi connectivity index (χ4n) is 1.29. The highest BCUT2D eigenvalue weighted by Crippen LogP contribution is 2.15. The number of para-hydroxylation sites is 1. The molecular formula is C13H10BrFN2. The Morgan fingerprint density at radius 3 is 2.59 bits per heavy atom. The summed E-state index contributed by atoms with van der Waals surface area (Å²) >= 11 is 3.10. The van der Waals surface area contributed by atoms with Gasteiger partial charge in [-0.1, -0.05) is 24.3 Å². The van der Waals surface area contributed by atoms with E-state index < -0.39 is 0 Å². The molecule has 0 radical (unpaired) electrons. The third kappa shape index (κ3) is 3.39. The van der Waals surface area contributed by atoms with Crippen molar-refractivity contribution >= 4 is 27.8 Å². The molecule has 0 aliphatic rings. The zero-order valence-electron chi connectivity index (χ0n) is 8.90. The van der Waals surface area contributed by atoms with Gasteiger partial charge in [0, 0.05) is 0 Å². The minimum absolute atomic E-state index is 0.298. The van der Waals surface area contributed by atoms with E-state index in [-0.39, 0.29) is 5.82 Å². The number of nitrogens with one attached hydrogen (secondary N) is 1. The van der Waals surface area contributed by atoms with Crippen LogP contribution in [0.3, 0.4) is 0 Å². The summed E-state index contributed by atoms with van der Waals surface area (Å²) in [7, 11) is 0. The molecule has 0 bridgehead atoms. The highest BCUT2D eigenvalue weighted by molar-refractivity contribution is 9.10. The molecule has 0 aromatic heterocycles. The topological polar surface area (TPSA) is 24.4 Å². The van der Waals surface area contributed by atoms with Gasteiger partial charge in [0.1, 0.15) is 5.82 Å². The van der Waals surface area contributed by atoms with E-state index in [1.54, 1.807) is 18.3 Å². The number of hydrogen-bond donors (Lipinski definition) is 1. The summed E-state index contributed by atoms with van der Waals surface area (Å²) in [4.78, 5) is 0. The van der Waals surface area contributed by atoms with Gasteiger partial charge in [0.05, 0.1) is 16.4 Å². The second-order valence-electron chi connectivity index (χ2n) is 3.41. The molecule has 86 valence electrons. The smallest absolute Gasteiger partial charge is 0.138 e. The first-order valence-corrected chi connectivity index (χ1v) is 5.84. The fourth-order valence-corrected chi connectivity index (χ4v) is 1.53. The molecule has 0 aliphatic carbocycles. The van der Waals surface area contributed by atoms with Gasteiger partial charge in [0.2, 0.25) is 0 Å². The first-order chi connectivity index (χ1) is 8.25. The maximum absolute atomic E-state index is 13.2. The molecule has 0 fully saturated rings. The quantitative estimate of drug-likeness (QED) is 0.670. The molecule has 2 aromatic carbocycles. The monoisotopic (exact) mass is 292 g/mol. The molecule has 0 aliphatic heterocycles. The van der Waals surface area contributed by atoms with Gasteiger partial charge >= 0.3 is 0 Å². The molecule has 0 saturated carbocycles. The van der Waals surface area contributed by atoms with Crippen molar-refractivity contribution in [3.8, 4) is 0 Å². The van der Waals surface area contributed by atoms with Crippen LogP contribution in [0.5, 0.6) is 0 Å². The number of benzene rings is 2. The number of hydrazone groups is 1. The summed E-state index contributed by atoms with van der Waals surface area (Å²) in [6.45, 7) is 0. The van der Waals surface area contributed by atoms with Crippen molar-refractivity contribution in [1.82, 2.24) is 0 Å². The molecule has 2 nitrogen and oxygen atoms in total. The number of halogens is 2. The molecule has 0 amide bonds. The SMILES string of the molecule is Fc1cc(C=NNc2ccccc2)ccc1Br. The summed E-state index contributed by atoms with van der Waals surface area (Å²) in [5.41, 5.74) is 4.46. The van der Waals surface area contributed by atoms with Gasteiger partial charge in [-0.25, -0.2) is 4.39 Å². The Morgan fingerprint density at radius 2 is 1.88 bits per heavy atom. The largest absolute Gasteiger partial charge is 0.279 e. The molecule has 2 aromatic rings. The Bertz CT molecular complexity index is 526. The van der Waals surface area contributed by atoms with E-state index >= 15 is 0 Å². The number of anilines is 1. The summed E-state index contributed by atoms with van der Waals surface area (Å²) in [6, 6.07) is 14.4. The average molecular weight is 293 g/mol. The lowest BCUT2D eigenvalue weighted by Crippen LogP contribution is -1.91. The Hall–Kier alpha value is -1.68. The van der Waals surface area contributed by atoms with Crippen LogP contribution in [0.4, 0.5) is 10.1 Å². The van der Waals surface area contributed by atoms with Crippen molar-refractivity contribution in [3.05, 3.63) is 64.4 Å². The van der Waals surface area contributed by atoms with E-state index in [0.29, 0.717) is 10.0 Å². The molecule has 0 spiro atoms. The van der Waals surface area contributed by atoms with Crippen LogP contribution in [0.2, 0.25) is 0 Å². The number of rotatable bonds is 3. The van der Waals surface area contributed by atoms with E-state index in [1.807, 2.05) is 30.3 Å². The van der Waals surface area contributed by atoms with Crippen LogP contribution >= 0.6 is 15.9 Å². The summed E-state index contributed by atoms with van der Waals surface area (Å²) in [5, 5.41) is 4.03. The lowest BCUT2D eigenvalue weighted by molar-refractivity contribution is 0.621. The van der Waals surface area contributed by atoms with Crippen LogP contribution in [0, 0.1) is 5.82 Å². The molecule has 0 saturated heterocycles. The summed E-state index contributed by atoms with van der Waals surface area (Å²) < 4.78 is 13.7. The molecule has 17 heavy (non-hydrogen) atoms. The van der Waals surface area contributed by atoms with Gasteiger partial charge in [-0.05, 0) is 45.8 Å². The van der Waals surface area contributed by atoms with Gasteiger partial charge in [-0.2, -0.15) is 5.10 Å². The second kappa shape index (κ2) is 5.59. The molecule has 0 atom stereocenters. The third-order valence-corrected chi connectivity index (χ3v) is 2.77. The minimum Gasteiger partial charge on any atom is -0.279 e. The predicted octanol–water partition coefficient (Wildman–Crippen LogP) is 4.03. The van der Waals surface area contributed by atoms with E-state index in [2.05, 4.69) is 26.5 Å². The molecule has 4 heteroatoms. The first-order valence-electron chi connectivity index (χ1n) is 5.05. The Kier molecular flexibility index (Phi) is 3.88. The standard InChI is InChI=1S/C13H10BrFN2/c14-12-7-6-10(8-13(12)15)9-16-17-11-4-2-1-3-5-11/h1-9,17H. The molecule has 2 rings (SSSR count). The minimum atomic E-state index is -0.298. The number of hydrogen-bond acceptors (Lipinski definition) is 2. The van der Waals surface area contributed by atoms with Crippen LogP contribution in [0.25, 0.3) is 0 Å². The molecular weight excluding hydrogens is 283 g/mol. The van der Waals surface area contributed by atoms with Gasteiger partial charge in [-0.3, -0.25) is 5.43 Å². The first kappa shape index (κ1) is 11.8. The normalized spacial score (nSPS) is 10.7. The van der Waals surface area contributed by atoms with E-state index in [1.165, 1.54) is 6.07 Å². The Labute approximate surface area is 107 Å².